The van der Waals surface area contributed by atoms with Gasteiger partial charge >= 0.3 is 6.03 Å². The van der Waals surface area contributed by atoms with Crippen molar-refractivity contribution >= 4 is 11.7 Å². The second-order valence-corrected chi connectivity index (χ2v) is 5.15. The lowest BCUT2D eigenvalue weighted by Gasteiger charge is -2.30. The molecule has 5 nitrogen and oxygen atoms in total. The van der Waals surface area contributed by atoms with Crippen molar-refractivity contribution in [2.75, 3.05) is 31.5 Å². The van der Waals surface area contributed by atoms with Gasteiger partial charge in [0, 0.05) is 19.3 Å². The number of urea groups is 1. The standard InChI is InChI=1S/C14H22N4O/c1-12-4-8-18(9-5-12)10-7-16-14(19)17-13-3-2-6-15-11-13/h2-3,6,11-12H,4-5,7-10H2,1H3,(H2,16,17,19). The molecule has 1 aromatic heterocycles. The average molecular weight is 262 g/mol. The maximum absolute atomic E-state index is 11.6. The number of likely N-dealkylation sites (tertiary alicyclic amines) is 1. The van der Waals surface area contributed by atoms with Crippen LogP contribution in [-0.4, -0.2) is 42.1 Å². The van der Waals surface area contributed by atoms with Gasteiger partial charge in [0.05, 0.1) is 11.9 Å². The molecule has 2 rings (SSSR count). The van der Waals surface area contributed by atoms with Gasteiger partial charge in [0.15, 0.2) is 0 Å². The SMILES string of the molecule is CC1CCN(CCNC(=O)Nc2cccnc2)CC1. The first kappa shape index (κ1) is 13.8. The first-order valence-electron chi connectivity index (χ1n) is 6.91. The largest absolute Gasteiger partial charge is 0.337 e. The zero-order valence-electron chi connectivity index (χ0n) is 11.4. The number of rotatable bonds is 4. The summed E-state index contributed by atoms with van der Waals surface area (Å²) >= 11 is 0. The molecule has 1 aromatic rings. The summed E-state index contributed by atoms with van der Waals surface area (Å²) in [4.78, 5) is 18.0. The van der Waals surface area contributed by atoms with Crippen LogP contribution in [0.1, 0.15) is 19.8 Å². The Bertz CT molecular complexity index is 388. The van der Waals surface area contributed by atoms with Crippen LogP contribution in [-0.2, 0) is 0 Å². The molecule has 0 aromatic carbocycles. The number of aromatic nitrogens is 1. The van der Waals surface area contributed by atoms with Crippen LogP contribution in [0.5, 0.6) is 0 Å². The first-order chi connectivity index (χ1) is 9.24. The lowest BCUT2D eigenvalue weighted by Crippen LogP contribution is -2.40. The summed E-state index contributed by atoms with van der Waals surface area (Å²) in [7, 11) is 0. The first-order valence-corrected chi connectivity index (χ1v) is 6.91. The molecule has 19 heavy (non-hydrogen) atoms. The van der Waals surface area contributed by atoms with E-state index < -0.39 is 0 Å². The Labute approximate surface area is 114 Å². The van der Waals surface area contributed by atoms with Crippen LogP contribution in [0, 0.1) is 5.92 Å². The van der Waals surface area contributed by atoms with Crippen LogP contribution in [0.2, 0.25) is 0 Å². The molecule has 0 atom stereocenters. The van der Waals surface area contributed by atoms with Gasteiger partial charge in [0.2, 0.25) is 0 Å². The highest BCUT2D eigenvalue weighted by atomic mass is 16.2. The minimum Gasteiger partial charge on any atom is -0.337 e. The molecule has 0 saturated carbocycles. The van der Waals surface area contributed by atoms with Crippen molar-refractivity contribution in [3.8, 4) is 0 Å². The fourth-order valence-corrected chi connectivity index (χ4v) is 2.23. The molecular weight excluding hydrogens is 240 g/mol. The molecule has 2 heterocycles. The Kier molecular flexibility index (Phi) is 5.15. The van der Waals surface area contributed by atoms with E-state index in [1.807, 2.05) is 6.07 Å². The predicted molar refractivity (Wildman–Crippen MR) is 76.1 cm³/mol. The van der Waals surface area contributed by atoms with Crippen molar-refractivity contribution in [3.05, 3.63) is 24.5 Å². The second-order valence-electron chi connectivity index (χ2n) is 5.15. The Hall–Kier alpha value is -1.62. The predicted octanol–water partition coefficient (Wildman–Crippen LogP) is 1.93. The molecule has 0 radical (unpaired) electrons. The normalized spacial score (nSPS) is 17.1. The number of nitrogens with zero attached hydrogens (tertiary/aromatic N) is 2. The van der Waals surface area contributed by atoms with E-state index in [0.29, 0.717) is 12.2 Å². The molecule has 104 valence electrons. The molecule has 2 amide bonds. The molecule has 5 heteroatoms. The van der Waals surface area contributed by atoms with Crippen molar-refractivity contribution in [2.45, 2.75) is 19.8 Å². The van der Waals surface area contributed by atoms with Gasteiger partial charge in [-0.05, 0) is 44.0 Å². The molecule has 1 aliphatic heterocycles. The summed E-state index contributed by atoms with van der Waals surface area (Å²) in [6, 6.07) is 3.45. The Morgan fingerprint density at radius 3 is 2.95 bits per heavy atom. The number of amides is 2. The van der Waals surface area contributed by atoms with Crippen molar-refractivity contribution in [1.82, 2.24) is 15.2 Å². The topological polar surface area (TPSA) is 57.3 Å². The van der Waals surface area contributed by atoms with E-state index in [1.165, 1.54) is 12.8 Å². The fourth-order valence-electron chi connectivity index (χ4n) is 2.23. The molecule has 1 aliphatic rings. The van der Waals surface area contributed by atoms with Gasteiger partial charge in [0.25, 0.3) is 0 Å². The number of nitrogens with one attached hydrogen (secondary N) is 2. The van der Waals surface area contributed by atoms with Gasteiger partial charge in [-0.25, -0.2) is 4.79 Å². The zero-order chi connectivity index (χ0) is 13.5. The third-order valence-corrected chi connectivity index (χ3v) is 3.51. The Morgan fingerprint density at radius 2 is 2.26 bits per heavy atom. The summed E-state index contributed by atoms with van der Waals surface area (Å²) in [6.45, 7) is 6.20. The maximum Gasteiger partial charge on any atom is 0.319 e. The van der Waals surface area contributed by atoms with Crippen LogP contribution in [0.15, 0.2) is 24.5 Å². The third-order valence-electron chi connectivity index (χ3n) is 3.51. The number of pyridine rings is 1. The van der Waals surface area contributed by atoms with Crippen LogP contribution in [0.4, 0.5) is 10.5 Å². The number of piperidine rings is 1. The molecule has 2 N–H and O–H groups in total. The zero-order valence-corrected chi connectivity index (χ0v) is 11.4. The number of carbonyl (C=O) groups is 1. The van der Waals surface area contributed by atoms with Gasteiger partial charge in [-0.3, -0.25) is 4.98 Å². The average Bonchev–Trinajstić information content (AvgIpc) is 2.42. The molecule has 1 saturated heterocycles. The molecule has 0 spiro atoms. The number of carbonyl (C=O) groups excluding carboxylic acids is 1. The van der Waals surface area contributed by atoms with E-state index in [0.717, 1.165) is 25.6 Å². The maximum atomic E-state index is 11.6. The number of hydrogen-bond donors (Lipinski definition) is 2. The summed E-state index contributed by atoms with van der Waals surface area (Å²) in [5.41, 5.74) is 0.715. The van der Waals surface area contributed by atoms with E-state index in [2.05, 4.69) is 27.4 Å². The van der Waals surface area contributed by atoms with E-state index >= 15 is 0 Å². The number of hydrogen-bond acceptors (Lipinski definition) is 3. The van der Waals surface area contributed by atoms with Crippen LogP contribution in [0.25, 0.3) is 0 Å². The fraction of sp³-hybridized carbons (Fsp3) is 0.571. The van der Waals surface area contributed by atoms with Crippen LogP contribution in [0.3, 0.4) is 0 Å². The quantitative estimate of drug-likeness (QED) is 0.872. The van der Waals surface area contributed by atoms with Crippen molar-refractivity contribution in [1.29, 1.82) is 0 Å². The van der Waals surface area contributed by atoms with Gasteiger partial charge in [0.1, 0.15) is 0 Å². The summed E-state index contributed by atoms with van der Waals surface area (Å²) in [5.74, 6) is 0.845. The highest BCUT2D eigenvalue weighted by molar-refractivity contribution is 5.88. The minimum atomic E-state index is -0.168. The monoisotopic (exact) mass is 262 g/mol. The Balaban J connectivity index is 1.62. The van der Waals surface area contributed by atoms with Crippen molar-refractivity contribution in [3.63, 3.8) is 0 Å². The van der Waals surface area contributed by atoms with E-state index in [-0.39, 0.29) is 6.03 Å². The van der Waals surface area contributed by atoms with Gasteiger partial charge < -0.3 is 15.5 Å². The summed E-state index contributed by atoms with van der Waals surface area (Å²) in [5, 5.41) is 5.63. The molecule has 0 unspecified atom stereocenters. The molecule has 0 aliphatic carbocycles. The van der Waals surface area contributed by atoms with Gasteiger partial charge in [-0.2, -0.15) is 0 Å². The lowest BCUT2D eigenvalue weighted by atomic mass is 9.99. The minimum absolute atomic E-state index is 0.168. The van der Waals surface area contributed by atoms with E-state index in [4.69, 9.17) is 0 Å². The highest BCUT2D eigenvalue weighted by Crippen LogP contribution is 2.15. The van der Waals surface area contributed by atoms with Crippen LogP contribution < -0.4 is 10.6 Å². The molecule has 0 bridgehead atoms. The molecule has 1 fully saturated rings. The van der Waals surface area contributed by atoms with Gasteiger partial charge in [-0.1, -0.05) is 6.92 Å². The summed E-state index contributed by atoms with van der Waals surface area (Å²) < 4.78 is 0. The summed E-state index contributed by atoms with van der Waals surface area (Å²) in [6.07, 6.45) is 5.84. The number of anilines is 1. The van der Waals surface area contributed by atoms with Crippen LogP contribution >= 0.6 is 0 Å². The van der Waals surface area contributed by atoms with Crippen molar-refractivity contribution < 1.29 is 4.79 Å². The van der Waals surface area contributed by atoms with Crippen molar-refractivity contribution in [2.24, 2.45) is 5.92 Å². The lowest BCUT2D eigenvalue weighted by molar-refractivity contribution is 0.192. The third kappa shape index (κ3) is 4.87. The van der Waals surface area contributed by atoms with E-state index in [1.54, 1.807) is 18.5 Å². The Morgan fingerprint density at radius 1 is 1.47 bits per heavy atom. The van der Waals surface area contributed by atoms with E-state index in [9.17, 15) is 4.79 Å². The van der Waals surface area contributed by atoms with Gasteiger partial charge in [-0.15, -0.1) is 0 Å². The highest BCUT2D eigenvalue weighted by Gasteiger charge is 2.15. The smallest absolute Gasteiger partial charge is 0.319 e. The second kappa shape index (κ2) is 7.09. The molecular formula is C14H22N4O.